The minimum atomic E-state index is 0.335. The summed E-state index contributed by atoms with van der Waals surface area (Å²) in [6.45, 7) is 2.23. The van der Waals surface area contributed by atoms with E-state index >= 15 is 0 Å². The second-order valence-electron chi connectivity index (χ2n) is 2.87. The van der Waals surface area contributed by atoms with Crippen molar-refractivity contribution in [2.45, 2.75) is 13.5 Å². The second-order valence-corrected chi connectivity index (χ2v) is 3.23. The third kappa shape index (κ3) is 1.04. The van der Waals surface area contributed by atoms with Gasteiger partial charge in [-0.15, -0.1) is 0 Å². The van der Waals surface area contributed by atoms with Crippen molar-refractivity contribution in [3.8, 4) is 0 Å². The molecule has 13 heavy (non-hydrogen) atoms. The highest BCUT2D eigenvalue weighted by atomic mass is 35.5. The number of hydrogen-bond donors (Lipinski definition) is 1. The Kier molecular flexibility index (Phi) is 1.78. The minimum Gasteiger partial charge on any atom is -0.325 e. The maximum absolute atomic E-state index is 5.99. The van der Waals surface area contributed by atoms with Gasteiger partial charge in [-0.25, -0.2) is 4.98 Å². The van der Waals surface area contributed by atoms with Gasteiger partial charge in [-0.05, 0) is 6.92 Å². The first kappa shape index (κ1) is 8.52. The van der Waals surface area contributed by atoms with Crippen molar-refractivity contribution in [1.29, 1.82) is 0 Å². The van der Waals surface area contributed by atoms with Crippen LogP contribution in [0.5, 0.6) is 0 Å². The lowest BCUT2D eigenvalue weighted by atomic mass is 10.5. The van der Waals surface area contributed by atoms with E-state index in [0.29, 0.717) is 17.4 Å². The molecule has 6 heteroatoms. The van der Waals surface area contributed by atoms with Gasteiger partial charge >= 0.3 is 0 Å². The fourth-order valence-electron chi connectivity index (χ4n) is 1.22. The van der Waals surface area contributed by atoms with Gasteiger partial charge in [0.2, 0.25) is 5.78 Å². The summed E-state index contributed by atoms with van der Waals surface area (Å²) in [4.78, 5) is 4.26. The van der Waals surface area contributed by atoms with E-state index in [9.17, 15) is 0 Å². The summed E-state index contributed by atoms with van der Waals surface area (Å²) < 4.78 is 3.46. The third-order valence-corrected chi connectivity index (χ3v) is 2.45. The molecule has 2 aromatic heterocycles. The van der Waals surface area contributed by atoms with E-state index in [1.54, 1.807) is 4.52 Å². The van der Waals surface area contributed by atoms with Crippen LogP contribution in [-0.4, -0.2) is 19.2 Å². The van der Waals surface area contributed by atoms with Crippen molar-refractivity contribution in [1.82, 2.24) is 19.2 Å². The molecule has 70 valence electrons. The summed E-state index contributed by atoms with van der Waals surface area (Å²) in [6.07, 6.45) is 0. The van der Waals surface area contributed by atoms with Crippen LogP contribution in [0.4, 0.5) is 0 Å². The van der Waals surface area contributed by atoms with Gasteiger partial charge in [-0.3, -0.25) is 0 Å². The largest absolute Gasteiger partial charge is 0.325 e. The number of aromatic nitrogens is 4. The minimum absolute atomic E-state index is 0.335. The summed E-state index contributed by atoms with van der Waals surface area (Å²) in [7, 11) is 1.89. The number of nitrogens with zero attached hydrogens (tertiary/aromatic N) is 4. The monoisotopic (exact) mass is 199 g/mol. The standard InChI is InChI=1S/C7H10ClN5/c1-4-11-13-6(8)5(3-9)10-7(13)12(4)2/h3,9H2,1-2H3. The molecule has 0 aromatic carbocycles. The fourth-order valence-corrected chi connectivity index (χ4v) is 1.45. The SMILES string of the molecule is Cc1nn2c(Cl)c(CN)nc2n1C. The van der Waals surface area contributed by atoms with Crippen LogP contribution >= 0.6 is 11.6 Å². The maximum atomic E-state index is 5.99. The van der Waals surface area contributed by atoms with Gasteiger partial charge in [0, 0.05) is 13.6 Å². The molecule has 2 heterocycles. The molecule has 2 aromatic rings. The van der Waals surface area contributed by atoms with Crippen LogP contribution in [0, 0.1) is 6.92 Å². The first-order valence-electron chi connectivity index (χ1n) is 3.91. The highest BCUT2D eigenvalue weighted by Crippen LogP contribution is 2.17. The Balaban J connectivity index is 2.81. The van der Waals surface area contributed by atoms with E-state index in [1.807, 2.05) is 18.5 Å². The molecule has 0 fully saturated rings. The van der Waals surface area contributed by atoms with E-state index < -0.39 is 0 Å². The lowest BCUT2D eigenvalue weighted by molar-refractivity contribution is 0.856. The zero-order chi connectivity index (χ0) is 9.59. The molecule has 0 aliphatic rings. The zero-order valence-corrected chi connectivity index (χ0v) is 8.21. The summed E-state index contributed by atoms with van der Waals surface area (Å²) in [5, 5.41) is 4.71. The molecule has 0 spiro atoms. The van der Waals surface area contributed by atoms with Crippen molar-refractivity contribution in [3.63, 3.8) is 0 Å². The summed E-state index contributed by atoms with van der Waals surface area (Å²) in [6, 6.07) is 0. The van der Waals surface area contributed by atoms with Crippen molar-refractivity contribution >= 4 is 17.4 Å². The molecule has 2 N–H and O–H groups in total. The summed E-state index contributed by atoms with van der Waals surface area (Å²) in [5.74, 6) is 1.59. The van der Waals surface area contributed by atoms with Crippen LogP contribution in [0.25, 0.3) is 5.78 Å². The molecule has 0 atom stereocenters. The number of imidazole rings is 1. The topological polar surface area (TPSA) is 61.1 Å². The van der Waals surface area contributed by atoms with Crippen molar-refractivity contribution < 1.29 is 0 Å². The molecule has 2 rings (SSSR count). The molecular formula is C7H10ClN5. The summed E-state index contributed by atoms with van der Waals surface area (Å²) >= 11 is 5.99. The van der Waals surface area contributed by atoms with Crippen molar-refractivity contribution in [3.05, 3.63) is 16.7 Å². The molecule has 0 amide bonds. The Morgan fingerprint density at radius 1 is 1.54 bits per heavy atom. The fraction of sp³-hybridized carbons (Fsp3) is 0.429. The number of nitrogens with two attached hydrogens (primary N) is 1. The van der Waals surface area contributed by atoms with Gasteiger partial charge < -0.3 is 10.3 Å². The van der Waals surface area contributed by atoms with Crippen LogP contribution in [0.3, 0.4) is 0 Å². The quantitative estimate of drug-likeness (QED) is 0.727. The second kappa shape index (κ2) is 2.71. The average Bonchev–Trinajstić information content (AvgIpc) is 2.56. The highest BCUT2D eigenvalue weighted by molar-refractivity contribution is 6.30. The first-order valence-corrected chi connectivity index (χ1v) is 4.29. The number of halogens is 1. The Bertz CT molecular complexity index is 455. The normalized spacial score (nSPS) is 11.4. The molecule has 0 saturated heterocycles. The smallest absolute Gasteiger partial charge is 0.233 e. The van der Waals surface area contributed by atoms with E-state index in [1.165, 1.54) is 0 Å². The van der Waals surface area contributed by atoms with Gasteiger partial charge in [0.05, 0.1) is 5.69 Å². The van der Waals surface area contributed by atoms with E-state index in [2.05, 4.69) is 10.1 Å². The van der Waals surface area contributed by atoms with Gasteiger partial charge in [0.15, 0.2) is 5.15 Å². The lowest BCUT2D eigenvalue weighted by Crippen LogP contribution is -1.99. The molecule has 0 saturated carbocycles. The van der Waals surface area contributed by atoms with E-state index in [-0.39, 0.29) is 0 Å². The van der Waals surface area contributed by atoms with Crippen molar-refractivity contribution in [2.75, 3.05) is 0 Å². The predicted octanol–water partition coefficient (Wildman–Crippen LogP) is 0.488. The Morgan fingerprint density at radius 3 is 2.77 bits per heavy atom. The first-order chi connectivity index (χ1) is 6.15. The number of fused-ring (bicyclic) bond motifs is 1. The highest BCUT2D eigenvalue weighted by Gasteiger charge is 2.13. The van der Waals surface area contributed by atoms with Gasteiger partial charge in [0.1, 0.15) is 5.82 Å². The maximum Gasteiger partial charge on any atom is 0.233 e. The van der Waals surface area contributed by atoms with Crippen LogP contribution in [-0.2, 0) is 13.6 Å². The Hall–Kier alpha value is -1.07. The molecule has 0 unspecified atom stereocenters. The van der Waals surface area contributed by atoms with E-state index in [0.717, 1.165) is 11.6 Å². The van der Waals surface area contributed by atoms with Crippen LogP contribution in [0.15, 0.2) is 0 Å². The van der Waals surface area contributed by atoms with Crippen LogP contribution in [0.2, 0.25) is 5.15 Å². The molecular weight excluding hydrogens is 190 g/mol. The third-order valence-electron chi connectivity index (χ3n) is 2.07. The van der Waals surface area contributed by atoms with Gasteiger partial charge in [0.25, 0.3) is 0 Å². The zero-order valence-electron chi connectivity index (χ0n) is 7.45. The van der Waals surface area contributed by atoms with Crippen molar-refractivity contribution in [2.24, 2.45) is 12.8 Å². The van der Waals surface area contributed by atoms with Crippen LogP contribution < -0.4 is 5.73 Å². The van der Waals surface area contributed by atoms with Crippen LogP contribution in [0.1, 0.15) is 11.5 Å². The summed E-state index contributed by atoms with van der Waals surface area (Å²) in [5.41, 5.74) is 6.14. The Morgan fingerprint density at radius 2 is 2.23 bits per heavy atom. The molecule has 5 nitrogen and oxygen atoms in total. The molecule has 0 aliphatic carbocycles. The predicted molar refractivity (Wildman–Crippen MR) is 49.6 cm³/mol. The Labute approximate surface area is 80.1 Å². The number of aryl methyl sites for hydroxylation is 2. The average molecular weight is 200 g/mol. The van der Waals surface area contributed by atoms with Gasteiger partial charge in [-0.1, -0.05) is 11.6 Å². The molecule has 0 bridgehead atoms. The molecule has 0 radical (unpaired) electrons. The number of rotatable bonds is 1. The lowest BCUT2D eigenvalue weighted by Gasteiger charge is -1.91. The molecule has 0 aliphatic heterocycles. The number of hydrogen-bond acceptors (Lipinski definition) is 3. The van der Waals surface area contributed by atoms with Gasteiger partial charge in [-0.2, -0.15) is 9.61 Å². The van der Waals surface area contributed by atoms with E-state index in [4.69, 9.17) is 17.3 Å².